The number of fused-ring (bicyclic) bond motifs is 2. The fraction of sp³-hybridized carbons (Fsp3) is 0.368. The normalized spacial score (nSPS) is 20.4. The number of rotatable bonds is 1. The summed E-state index contributed by atoms with van der Waals surface area (Å²) in [6, 6.07) is 8.09. The first-order valence-corrected chi connectivity index (χ1v) is 8.21. The molecule has 0 saturated carbocycles. The molecule has 1 aromatic heterocycles. The van der Waals surface area contributed by atoms with Gasteiger partial charge in [0, 0.05) is 29.3 Å². The van der Waals surface area contributed by atoms with Gasteiger partial charge in [0.15, 0.2) is 0 Å². The average molecular weight is 326 g/mol. The molecule has 1 saturated heterocycles. The summed E-state index contributed by atoms with van der Waals surface area (Å²) in [7, 11) is 0. The standard InChI is InChI=1S/C19H21N3O2/c1-21-9-6-14(7-10-21)17-15-5-3-2-4-13(15)8-11-22-16(19(23)24)12-20-18(17)22/h2-5,12H,6-11H2,1H3,(H,23,24)/i1D3. The van der Waals surface area contributed by atoms with E-state index in [1.165, 1.54) is 16.7 Å². The van der Waals surface area contributed by atoms with Crippen LogP contribution in [0.4, 0.5) is 0 Å². The first-order chi connectivity index (χ1) is 12.9. The van der Waals surface area contributed by atoms with Gasteiger partial charge in [0.2, 0.25) is 0 Å². The van der Waals surface area contributed by atoms with Gasteiger partial charge in [0.05, 0.1) is 6.20 Å². The summed E-state index contributed by atoms with van der Waals surface area (Å²) in [6.07, 6.45) is 3.43. The Morgan fingerprint density at radius 1 is 1.21 bits per heavy atom. The lowest BCUT2D eigenvalue weighted by molar-refractivity contribution is 0.0685. The zero-order valence-electron chi connectivity index (χ0n) is 16.3. The third-order valence-electron chi connectivity index (χ3n) is 4.91. The van der Waals surface area contributed by atoms with Crippen LogP contribution >= 0.6 is 0 Å². The smallest absolute Gasteiger partial charge is 0.354 e. The number of likely N-dealkylation sites (tertiary alicyclic amines) is 1. The molecular weight excluding hydrogens is 302 g/mol. The highest BCUT2D eigenvalue weighted by Crippen LogP contribution is 2.36. The Bertz CT molecular complexity index is 921. The van der Waals surface area contributed by atoms with E-state index in [-0.39, 0.29) is 5.69 Å². The van der Waals surface area contributed by atoms with Gasteiger partial charge in [0.25, 0.3) is 0 Å². The van der Waals surface area contributed by atoms with Crippen LogP contribution in [0.15, 0.2) is 36.0 Å². The second kappa shape index (κ2) is 5.91. The summed E-state index contributed by atoms with van der Waals surface area (Å²) in [4.78, 5) is 17.6. The number of piperidine rings is 1. The highest BCUT2D eigenvalue weighted by molar-refractivity contribution is 5.88. The number of aromatic carboxylic acids is 1. The Balaban J connectivity index is 1.83. The van der Waals surface area contributed by atoms with Gasteiger partial charge in [-0.25, -0.2) is 9.78 Å². The summed E-state index contributed by atoms with van der Waals surface area (Å²) in [5.41, 5.74) is 4.56. The molecule has 5 heteroatoms. The molecule has 0 radical (unpaired) electrons. The fourth-order valence-corrected chi connectivity index (χ4v) is 3.68. The van der Waals surface area contributed by atoms with Crippen molar-refractivity contribution in [3.63, 3.8) is 0 Å². The summed E-state index contributed by atoms with van der Waals surface area (Å²) in [5.74, 6) is -0.309. The lowest BCUT2D eigenvalue weighted by atomic mass is 9.90. The Kier molecular flexibility index (Phi) is 2.96. The second-order valence-corrected chi connectivity index (χ2v) is 6.30. The summed E-state index contributed by atoms with van der Waals surface area (Å²) in [6.45, 7) is -0.591. The van der Waals surface area contributed by atoms with Gasteiger partial charge in [-0.05, 0) is 37.4 Å². The number of benzene rings is 1. The van der Waals surface area contributed by atoms with Crippen molar-refractivity contribution >= 4 is 11.5 Å². The predicted octanol–water partition coefficient (Wildman–Crippen LogP) is 2.66. The van der Waals surface area contributed by atoms with Gasteiger partial charge >= 0.3 is 5.97 Å². The third-order valence-corrected chi connectivity index (χ3v) is 4.91. The predicted molar refractivity (Wildman–Crippen MR) is 92.1 cm³/mol. The Hall–Kier alpha value is -2.40. The van der Waals surface area contributed by atoms with E-state index in [4.69, 9.17) is 4.11 Å². The summed E-state index contributed by atoms with van der Waals surface area (Å²) >= 11 is 0. The van der Waals surface area contributed by atoms with Gasteiger partial charge < -0.3 is 14.6 Å². The average Bonchev–Trinajstić information content (AvgIpc) is 2.97. The Labute approximate surface area is 145 Å². The van der Waals surface area contributed by atoms with Crippen molar-refractivity contribution in [1.29, 1.82) is 0 Å². The van der Waals surface area contributed by atoms with Gasteiger partial charge in [-0.3, -0.25) is 0 Å². The number of imidazole rings is 1. The van der Waals surface area contributed by atoms with Crippen molar-refractivity contribution in [2.24, 2.45) is 0 Å². The van der Waals surface area contributed by atoms with Gasteiger partial charge in [-0.15, -0.1) is 0 Å². The molecule has 1 N–H and O–H groups in total. The van der Waals surface area contributed by atoms with Crippen LogP contribution in [0.2, 0.25) is 0 Å². The molecule has 0 amide bonds. The molecule has 2 aliphatic heterocycles. The number of carboxylic acid groups (broad SMARTS) is 1. The molecular formula is C19H21N3O2. The van der Waals surface area contributed by atoms with Crippen LogP contribution in [0.3, 0.4) is 0 Å². The molecule has 2 aromatic rings. The van der Waals surface area contributed by atoms with Crippen molar-refractivity contribution in [3.8, 4) is 0 Å². The first-order valence-electron chi connectivity index (χ1n) is 9.71. The number of aromatic nitrogens is 2. The SMILES string of the molecule is [2H]C([2H])([2H])N1CCC(=C2c3ccccc3CCn3c(C(=O)O)cnc32)CC1. The quantitative estimate of drug-likeness (QED) is 0.875. The molecule has 3 heterocycles. The molecule has 0 atom stereocenters. The molecule has 2 aliphatic rings. The molecule has 24 heavy (non-hydrogen) atoms. The third kappa shape index (κ3) is 2.45. The van der Waals surface area contributed by atoms with E-state index in [0.717, 1.165) is 23.1 Å². The van der Waals surface area contributed by atoms with Crippen molar-refractivity contribution in [1.82, 2.24) is 14.5 Å². The van der Waals surface area contributed by atoms with E-state index in [1.807, 2.05) is 12.1 Å². The summed E-state index contributed by atoms with van der Waals surface area (Å²) < 4.78 is 24.6. The van der Waals surface area contributed by atoms with Crippen LogP contribution in [0.5, 0.6) is 0 Å². The molecule has 124 valence electrons. The molecule has 1 aromatic carbocycles. The zero-order chi connectivity index (χ0) is 19.2. The van der Waals surface area contributed by atoms with E-state index in [1.54, 1.807) is 4.57 Å². The summed E-state index contributed by atoms with van der Waals surface area (Å²) in [5, 5.41) is 9.51. The molecule has 1 fully saturated rings. The maximum Gasteiger partial charge on any atom is 0.354 e. The number of aryl methyl sites for hydroxylation is 1. The van der Waals surface area contributed by atoms with E-state index >= 15 is 0 Å². The Morgan fingerprint density at radius 3 is 2.75 bits per heavy atom. The number of hydrogen-bond donors (Lipinski definition) is 1. The van der Waals surface area contributed by atoms with Crippen LogP contribution in [0.1, 0.15) is 44.4 Å². The molecule has 5 nitrogen and oxygen atoms in total. The lowest BCUT2D eigenvalue weighted by Crippen LogP contribution is -2.27. The minimum atomic E-state index is -2.08. The monoisotopic (exact) mass is 326 g/mol. The Morgan fingerprint density at radius 2 is 2.00 bits per heavy atom. The van der Waals surface area contributed by atoms with Crippen molar-refractivity contribution in [2.75, 3.05) is 20.1 Å². The van der Waals surface area contributed by atoms with Crippen LogP contribution in [0, 0.1) is 0 Å². The largest absolute Gasteiger partial charge is 0.477 e. The molecule has 0 unspecified atom stereocenters. The lowest BCUT2D eigenvalue weighted by Gasteiger charge is -2.26. The van der Waals surface area contributed by atoms with Crippen LogP contribution in [0.25, 0.3) is 5.57 Å². The molecule has 0 bridgehead atoms. The van der Waals surface area contributed by atoms with Crippen LogP contribution in [-0.4, -0.2) is 45.6 Å². The zero-order valence-corrected chi connectivity index (χ0v) is 13.3. The van der Waals surface area contributed by atoms with E-state index in [9.17, 15) is 9.90 Å². The number of hydrogen-bond acceptors (Lipinski definition) is 3. The van der Waals surface area contributed by atoms with Crippen LogP contribution < -0.4 is 0 Å². The molecule has 0 aliphatic carbocycles. The van der Waals surface area contributed by atoms with Crippen molar-refractivity contribution in [2.45, 2.75) is 25.8 Å². The fourth-order valence-electron chi connectivity index (χ4n) is 3.68. The van der Waals surface area contributed by atoms with Gasteiger partial charge in [0.1, 0.15) is 11.5 Å². The van der Waals surface area contributed by atoms with Crippen molar-refractivity contribution < 1.29 is 14.0 Å². The van der Waals surface area contributed by atoms with Gasteiger partial charge in [-0.2, -0.15) is 0 Å². The maximum atomic E-state index is 11.6. The highest BCUT2D eigenvalue weighted by Gasteiger charge is 2.27. The maximum absolute atomic E-state index is 11.6. The molecule has 0 spiro atoms. The van der Waals surface area contributed by atoms with Crippen LogP contribution in [-0.2, 0) is 13.0 Å². The first kappa shape index (κ1) is 12.0. The van der Waals surface area contributed by atoms with E-state index < -0.39 is 12.9 Å². The van der Waals surface area contributed by atoms with E-state index in [0.29, 0.717) is 38.3 Å². The number of nitrogens with zero attached hydrogens (tertiary/aromatic N) is 3. The van der Waals surface area contributed by atoms with E-state index in [2.05, 4.69) is 17.1 Å². The van der Waals surface area contributed by atoms with Gasteiger partial charge in [-0.1, -0.05) is 29.8 Å². The molecule has 4 rings (SSSR count). The second-order valence-electron chi connectivity index (χ2n) is 6.30. The number of carbonyl (C=O) groups is 1. The minimum Gasteiger partial charge on any atom is -0.477 e. The number of carboxylic acids is 1. The highest BCUT2D eigenvalue weighted by atomic mass is 16.4. The van der Waals surface area contributed by atoms with Crippen molar-refractivity contribution in [3.05, 3.63) is 58.7 Å². The minimum absolute atomic E-state index is 0.191. The topological polar surface area (TPSA) is 58.4 Å².